The van der Waals surface area contributed by atoms with Crippen molar-refractivity contribution in [3.63, 3.8) is 0 Å². The maximum atomic E-state index is 13.8. The van der Waals surface area contributed by atoms with Crippen LogP contribution in [-0.4, -0.2) is 142 Å². The first-order valence-electron chi connectivity index (χ1n) is 16.1. The van der Waals surface area contributed by atoms with Crippen LogP contribution < -0.4 is 0 Å². The van der Waals surface area contributed by atoms with E-state index in [1.165, 1.54) is 9.80 Å². The number of amides is 4. The average Bonchev–Trinajstić information content (AvgIpc) is 3.09. The van der Waals surface area contributed by atoms with Crippen LogP contribution in [0, 0.1) is 0 Å². The molecule has 0 unspecified atom stereocenters. The number of imide groups is 2. The lowest BCUT2D eigenvalue weighted by atomic mass is 9.82. The van der Waals surface area contributed by atoms with E-state index in [0.717, 1.165) is 32.3 Å². The minimum Gasteiger partial charge on any atom is -0.395 e. The number of fused-ring (bicyclic) bond motifs is 2. The molecule has 0 aliphatic carbocycles. The number of benzene rings is 5. The average molecular weight is 653 g/mol. The van der Waals surface area contributed by atoms with Gasteiger partial charge in [0.25, 0.3) is 23.6 Å². The van der Waals surface area contributed by atoms with E-state index in [4.69, 9.17) is 0 Å². The molecule has 5 aromatic rings. The summed E-state index contributed by atoms with van der Waals surface area (Å²) in [4.78, 5) is 61.2. The van der Waals surface area contributed by atoms with Gasteiger partial charge in [0, 0.05) is 85.4 Å². The van der Waals surface area contributed by atoms with E-state index in [0.29, 0.717) is 72.3 Å². The van der Waals surface area contributed by atoms with Crippen LogP contribution in [0.15, 0.2) is 48.5 Å². The quantitative estimate of drug-likeness (QED) is 0.0786. The second kappa shape index (κ2) is 12.8. The Labute approximate surface area is 275 Å². The normalized spacial score (nSPS) is 14.9. The summed E-state index contributed by atoms with van der Waals surface area (Å²) in [5, 5.41) is 43.4. The molecule has 4 N–H and O–H groups in total. The van der Waals surface area contributed by atoms with E-state index >= 15 is 0 Å². The Kier molecular flexibility index (Phi) is 8.54. The van der Waals surface area contributed by atoms with Gasteiger partial charge in [0.15, 0.2) is 0 Å². The molecule has 0 fully saturated rings. The first kappa shape index (κ1) is 32.0. The van der Waals surface area contributed by atoms with Crippen LogP contribution in [0.4, 0.5) is 0 Å². The van der Waals surface area contributed by atoms with Gasteiger partial charge in [0.05, 0.1) is 26.4 Å². The summed E-state index contributed by atoms with van der Waals surface area (Å²) in [5.74, 6) is -1.64. The number of hydrogen-bond acceptors (Lipinski definition) is 10. The van der Waals surface area contributed by atoms with Crippen molar-refractivity contribution in [1.29, 1.82) is 0 Å². The van der Waals surface area contributed by atoms with E-state index in [-0.39, 0.29) is 39.5 Å². The fourth-order valence-electron chi connectivity index (χ4n) is 7.49. The number of rotatable bonds is 14. The molecule has 0 bridgehead atoms. The van der Waals surface area contributed by atoms with Crippen molar-refractivity contribution in [1.82, 2.24) is 19.6 Å². The van der Waals surface area contributed by atoms with Crippen molar-refractivity contribution in [2.45, 2.75) is 0 Å². The number of carbonyl (C=O) groups excluding carboxylic acids is 4. The van der Waals surface area contributed by atoms with Crippen LogP contribution in [0.5, 0.6) is 0 Å². The molecule has 5 aromatic carbocycles. The number of aliphatic hydroxyl groups excluding tert-OH is 4. The fourth-order valence-corrected chi connectivity index (χ4v) is 7.49. The van der Waals surface area contributed by atoms with Crippen molar-refractivity contribution in [2.75, 3.05) is 78.8 Å². The van der Waals surface area contributed by atoms with Gasteiger partial charge in [-0.1, -0.05) is 24.3 Å². The van der Waals surface area contributed by atoms with E-state index < -0.39 is 23.6 Å². The van der Waals surface area contributed by atoms with Gasteiger partial charge in [0.2, 0.25) is 0 Å². The zero-order chi connectivity index (χ0) is 33.7. The van der Waals surface area contributed by atoms with Gasteiger partial charge in [-0.25, -0.2) is 0 Å². The van der Waals surface area contributed by atoms with Crippen molar-refractivity contribution >= 4 is 66.7 Å². The predicted octanol–water partition coefficient (Wildman–Crippen LogP) is 1.50. The summed E-state index contributed by atoms with van der Waals surface area (Å²) in [6.45, 7) is 1.65. The van der Waals surface area contributed by atoms with Crippen molar-refractivity contribution < 1.29 is 39.6 Å². The van der Waals surface area contributed by atoms with Crippen LogP contribution >= 0.6 is 0 Å². The molecule has 12 heteroatoms. The molecule has 4 amide bonds. The van der Waals surface area contributed by atoms with Crippen LogP contribution in [0.1, 0.15) is 41.4 Å². The Bertz CT molecular complexity index is 1830. The molecule has 248 valence electrons. The summed E-state index contributed by atoms with van der Waals surface area (Å²) in [6, 6.07) is 14.4. The maximum Gasteiger partial charge on any atom is 0.261 e. The second-order valence-electron chi connectivity index (χ2n) is 12.2. The summed E-state index contributed by atoms with van der Waals surface area (Å²) in [7, 11) is 0. The van der Waals surface area contributed by atoms with E-state index in [9.17, 15) is 39.6 Å². The molecule has 2 aliphatic heterocycles. The Morgan fingerprint density at radius 2 is 0.667 bits per heavy atom. The lowest BCUT2D eigenvalue weighted by molar-refractivity contribution is 0.0567. The van der Waals surface area contributed by atoms with Gasteiger partial charge in [-0.05, 0) is 56.6 Å². The van der Waals surface area contributed by atoms with Gasteiger partial charge >= 0.3 is 0 Å². The molecule has 48 heavy (non-hydrogen) atoms. The fraction of sp³-hybridized carbons (Fsp3) is 0.333. The molecular weight excluding hydrogens is 616 g/mol. The monoisotopic (exact) mass is 652 g/mol. The highest BCUT2D eigenvalue weighted by Crippen LogP contribution is 2.46. The minimum absolute atomic E-state index is 0.107. The molecule has 0 atom stereocenters. The molecule has 0 aromatic heterocycles. The van der Waals surface area contributed by atoms with Gasteiger partial charge in [-0.3, -0.25) is 38.8 Å². The predicted molar refractivity (Wildman–Crippen MR) is 180 cm³/mol. The number of aliphatic hydroxyl groups is 4. The highest BCUT2D eigenvalue weighted by atomic mass is 16.3. The molecule has 0 radical (unpaired) electrons. The lowest BCUT2D eigenvalue weighted by Crippen LogP contribution is -2.45. The standard InChI is InChI=1S/C36H36N4O8/c41-17-13-37(14-18-42)9-11-39-33(45)25-5-1-21-22-2-6-27-32-28(36(48)40(35(27)47)12-10-38(15-19-43)16-20-44)8-4-24(30(22)32)23-3-7-26(34(39)46)31(25)29(21)23/h1-8,41-44H,9-20H2. The molecule has 2 aliphatic rings. The van der Waals surface area contributed by atoms with Crippen LogP contribution in [0.2, 0.25) is 0 Å². The first-order chi connectivity index (χ1) is 23.3. The smallest absolute Gasteiger partial charge is 0.261 e. The largest absolute Gasteiger partial charge is 0.395 e. The SMILES string of the molecule is O=C1c2ccc3c4ccc5c6c(ccc(c7ccc(c2c37)C(=O)N1CCN(CCO)CCO)c64)C(=O)N(CCN(CCO)CCO)C5=O. The van der Waals surface area contributed by atoms with Crippen molar-refractivity contribution in [2.24, 2.45) is 0 Å². The molecule has 2 heterocycles. The number of carbonyl (C=O) groups is 4. The Morgan fingerprint density at radius 3 is 0.917 bits per heavy atom. The summed E-state index contributed by atoms with van der Waals surface area (Å²) in [5.41, 5.74) is 1.64. The summed E-state index contributed by atoms with van der Waals surface area (Å²) >= 11 is 0. The summed E-state index contributed by atoms with van der Waals surface area (Å²) < 4.78 is 0. The Balaban J connectivity index is 1.32. The third kappa shape index (κ3) is 4.91. The van der Waals surface area contributed by atoms with Crippen molar-refractivity contribution in [3.05, 3.63) is 70.8 Å². The maximum absolute atomic E-state index is 13.8. The molecule has 7 rings (SSSR count). The van der Waals surface area contributed by atoms with Crippen LogP contribution in [0.3, 0.4) is 0 Å². The van der Waals surface area contributed by atoms with Crippen LogP contribution in [0.25, 0.3) is 43.1 Å². The molecule has 0 spiro atoms. The van der Waals surface area contributed by atoms with Gasteiger partial charge in [-0.15, -0.1) is 0 Å². The highest BCUT2D eigenvalue weighted by molar-refractivity contribution is 6.41. The molecule has 0 saturated carbocycles. The first-order valence-corrected chi connectivity index (χ1v) is 16.1. The topological polar surface area (TPSA) is 162 Å². The third-order valence-electron chi connectivity index (χ3n) is 9.75. The van der Waals surface area contributed by atoms with E-state index in [1.807, 2.05) is 24.3 Å². The number of nitrogens with zero attached hydrogens (tertiary/aromatic N) is 4. The molecular formula is C36H36N4O8. The van der Waals surface area contributed by atoms with Gasteiger partial charge in [0.1, 0.15) is 0 Å². The second-order valence-corrected chi connectivity index (χ2v) is 12.2. The van der Waals surface area contributed by atoms with Gasteiger partial charge in [-0.2, -0.15) is 0 Å². The third-order valence-corrected chi connectivity index (χ3v) is 9.75. The highest BCUT2D eigenvalue weighted by Gasteiger charge is 2.37. The number of hydrogen-bond donors (Lipinski definition) is 4. The van der Waals surface area contributed by atoms with E-state index in [1.54, 1.807) is 34.1 Å². The molecule has 12 nitrogen and oxygen atoms in total. The Morgan fingerprint density at radius 1 is 0.396 bits per heavy atom. The minimum atomic E-state index is -0.409. The van der Waals surface area contributed by atoms with Crippen LogP contribution in [-0.2, 0) is 0 Å². The zero-order valence-electron chi connectivity index (χ0n) is 26.3. The lowest BCUT2D eigenvalue weighted by Gasteiger charge is -2.31. The van der Waals surface area contributed by atoms with Crippen molar-refractivity contribution in [3.8, 4) is 0 Å². The molecule has 0 saturated heterocycles. The van der Waals surface area contributed by atoms with Gasteiger partial charge < -0.3 is 20.4 Å². The zero-order valence-corrected chi connectivity index (χ0v) is 26.3. The summed E-state index contributed by atoms with van der Waals surface area (Å²) in [6.07, 6.45) is 0. The van der Waals surface area contributed by atoms with E-state index in [2.05, 4.69) is 0 Å². The Hall–Kier alpha value is -4.56.